The van der Waals surface area contributed by atoms with Gasteiger partial charge in [-0.2, -0.15) is 0 Å². The molecule has 2 atom stereocenters. The number of nitrogens with one attached hydrogen (secondary N) is 1. The highest BCUT2D eigenvalue weighted by Gasteiger charge is 2.44. The Morgan fingerprint density at radius 3 is 2.86 bits per heavy atom. The van der Waals surface area contributed by atoms with E-state index in [9.17, 15) is 0 Å². The van der Waals surface area contributed by atoms with Crippen molar-refractivity contribution in [1.82, 2.24) is 5.43 Å². The van der Waals surface area contributed by atoms with E-state index in [4.69, 9.17) is 10.6 Å². The molecule has 1 aliphatic carbocycles. The molecular weight excluding hydrogens is 260 g/mol. The Morgan fingerprint density at radius 1 is 1.38 bits per heavy atom. The van der Waals surface area contributed by atoms with E-state index in [1.807, 2.05) is 0 Å². The van der Waals surface area contributed by atoms with Gasteiger partial charge >= 0.3 is 0 Å². The van der Waals surface area contributed by atoms with Crippen LogP contribution in [0.15, 0.2) is 18.2 Å². The second kappa shape index (κ2) is 6.07. The second-order valence-corrected chi connectivity index (χ2v) is 7.05. The van der Waals surface area contributed by atoms with E-state index in [0.717, 1.165) is 19.4 Å². The van der Waals surface area contributed by atoms with Crippen molar-refractivity contribution >= 4 is 0 Å². The molecule has 1 aromatic rings. The Morgan fingerprint density at radius 2 is 2.19 bits per heavy atom. The lowest BCUT2D eigenvalue weighted by Gasteiger charge is -2.48. The van der Waals surface area contributed by atoms with Crippen LogP contribution >= 0.6 is 0 Å². The molecule has 1 saturated carbocycles. The molecule has 2 unspecified atom stereocenters. The summed E-state index contributed by atoms with van der Waals surface area (Å²) in [6, 6.07) is 7.06. The van der Waals surface area contributed by atoms with Gasteiger partial charge in [0.1, 0.15) is 0 Å². The Balaban J connectivity index is 1.71. The minimum Gasteiger partial charge on any atom is -0.375 e. The van der Waals surface area contributed by atoms with Crippen LogP contribution in [-0.4, -0.2) is 18.2 Å². The molecule has 116 valence electrons. The summed E-state index contributed by atoms with van der Waals surface area (Å²) in [6.07, 6.45) is 7.12. The largest absolute Gasteiger partial charge is 0.375 e. The highest BCUT2D eigenvalue weighted by atomic mass is 16.5. The van der Waals surface area contributed by atoms with Gasteiger partial charge in [-0.15, -0.1) is 0 Å². The van der Waals surface area contributed by atoms with Crippen LogP contribution in [0.3, 0.4) is 0 Å². The maximum atomic E-state index is 6.05. The summed E-state index contributed by atoms with van der Waals surface area (Å²) in [7, 11) is 0. The van der Waals surface area contributed by atoms with Crippen molar-refractivity contribution in [2.75, 3.05) is 6.61 Å². The second-order valence-electron chi connectivity index (χ2n) is 7.05. The van der Waals surface area contributed by atoms with Crippen molar-refractivity contribution < 1.29 is 4.74 Å². The van der Waals surface area contributed by atoms with Gasteiger partial charge in [-0.1, -0.05) is 23.8 Å². The number of nitrogens with two attached hydrogens (primary N) is 1. The summed E-state index contributed by atoms with van der Waals surface area (Å²) in [5.74, 6) is 6.53. The molecule has 3 nitrogen and oxygen atoms in total. The molecule has 0 amide bonds. The fourth-order valence-electron chi connectivity index (χ4n) is 3.95. The first-order chi connectivity index (χ1) is 10.1. The first-order valence-corrected chi connectivity index (χ1v) is 8.28. The van der Waals surface area contributed by atoms with E-state index < -0.39 is 0 Å². The van der Waals surface area contributed by atoms with Gasteiger partial charge < -0.3 is 4.74 Å². The third-order valence-electron chi connectivity index (χ3n) is 5.52. The van der Waals surface area contributed by atoms with Crippen molar-refractivity contribution in [3.8, 4) is 0 Å². The molecule has 2 fully saturated rings. The smallest absolute Gasteiger partial charge is 0.0685 e. The molecule has 3 heteroatoms. The predicted octanol–water partition coefficient (Wildman–Crippen LogP) is 3.03. The van der Waals surface area contributed by atoms with Crippen LogP contribution in [0, 0.1) is 19.8 Å². The van der Waals surface area contributed by atoms with Gasteiger partial charge in [0.05, 0.1) is 5.60 Å². The van der Waals surface area contributed by atoms with Crippen molar-refractivity contribution in [2.24, 2.45) is 11.8 Å². The van der Waals surface area contributed by atoms with Gasteiger partial charge in [0.15, 0.2) is 0 Å². The Hall–Kier alpha value is -0.900. The van der Waals surface area contributed by atoms with Crippen LogP contribution in [0.2, 0.25) is 0 Å². The van der Waals surface area contributed by atoms with Crippen molar-refractivity contribution in [2.45, 2.75) is 64.0 Å². The first-order valence-electron chi connectivity index (χ1n) is 8.28. The lowest BCUT2D eigenvalue weighted by atomic mass is 9.70. The normalized spacial score (nSPS) is 25.6. The molecule has 1 aromatic carbocycles. The van der Waals surface area contributed by atoms with Crippen LogP contribution in [0.4, 0.5) is 0 Å². The molecule has 1 heterocycles. The van der Waals surface area contributed by atoms with Crippen LogP contribution in [0.5, 0.6) is 0 Å². The number of hydrogen-bond acceptors (Lipinski definition) is 3. The van der Waals surface area contributed by atoms with Crippen molar-refractivity contribution in [3.05, 3.63) is 34.9 Å². The summed E-state index contributed by atoms with van der Waals surface area (Å²) in [6.45, 7) is 5.25. The Bertz CT molecular complexity index is 496. The molecule has 21 heavy (non-hydrogen) atoms. The van der Waals surface area contributed by atoms with E-state index in [1.54, 1.807) is 0 Å². The number of benzene rings is 1. The average molecular weight is 288 g/mol. The minimum atomic E-state index is 0.194. The lowest BCUT2D eigenvalue weighted by molar-refractivity contribution is -0.147. The molecule has 1 aliphatic heterocycles. The molecule has 0 bridgehead atoms. The predicted molar refractivity (Wildman–Crippen MR) is 86.0 cm³/mol. The quantitative estimate of drug-likeness (QED) is 0.661. The van der Waals surface area contributed by atoms with E-state index in [1.165, 1.54) is 42.4 Å². The summed E-state index contributed by atoms with van der Waals surface area (Å²) in [4.78, 5) is 0. The molecule has 0 aromatic heterocycles. The summed E-state index contributed by atoms with van der Waals surface area (Å²) in [5, 5.41) is 0. The third-order valence-corrected chi connectivity index (χ3v) is 5.52. The van der Waals surface area contributed by atoms with Gasteiger partial charge in [-0.3, -0.25) is 11.3 Å². The maximum Gasteiger partial charge on any atom is 0.0685 e. The zero-order valence-corrected chi connectivity index (χ0v) is 13.3. The average Bonchev–Trinajstić information content (AvgIpc) is 2.46. The lowest BCUT2D eigenvalue weighted by Crippen LogP contribution is -2.52. The van der Waals surface area contributed by atoms with E-state index in [-0.39, 0.29) is 5.60 Å². The number of rotatable bonds is 4. The third kappa shape index (κ3) is 3.15. The van der Waals surface area contributed by atoms with Crippen LogP contribution in [0.25, 0.3) is 0 Å². The fraction of sp³-hybridized carbons (Fsp3) is 0.667. The van der Waals surface area contributed by atoms with Gasteiger partial charge in [-0.25, -0.2) is 0 Å². The molecule has 1 saturated heterocycles. The maximum absolute atomic E-state index is 6.05. The van der Waals surface area contributed by atoms with Gasteiger partial charge in [0.2, 0.25) is 0 Å². The molecule has 0 radical (unpaired) electrons. The zero-order valence-electron chi connectivity index (χ0n) is 13.3. The molecular formula is C18H28N2O. The molecule has 1 spiro atoms. The van der Waals surface area contributed by atoms with E-state index in [2.05, 4.69) is 37.5 Å². The monoisotopic (exact) mass is 288 g/mol. The number of hydrazine groups is 1. The molecule has 3 rings (SSSR count). The number of aryl methyl sites for hydroxylation is 2. The summed E-state index contributed by atoms with van der Waals surface area (Å²) >= 11 is 0. The number of ether oxygens (including phenoxy) is 1. The molecule has 2 aliphatic rings. The summed E-state index contributed by atoms with van der Waals surface area (Å²) < 4.78 is 6.05. The standard InChI is InChI=1S/C18H28N2O/c1-13-4-5-14(2)16(10-13)11-17(20-19)15-6-9-21-18(12-15)7-3-8-18/h4-5,10,15,17,20H,3,6-9,11-12,19H2,1-2H3. The van der Waals surface area contributed by atoms with Crippen molar-refractivity contribution in [1.29, 1.82) is 0 Å². The van der Waals surface area contributed by atoms with Gasteiger partial charge in [0, 0.05) is 12.6 Å². The highest BCUT2D eigenvalue weighted by Crippen LogP contribution is 2.45. The van der Waals surface area contributed by atoms with E-state index in [0.29, 0.717) is 12.0 Å². The zero-order chi connectivity index (χ0) is 14.9. The van der Waals surface area contributed by atoms with Gasteiger partial charge in [0.25, 0.3) is 0 Å². The van der Waals surface area contributed by atoms with Crippen LogP contribution < -0.4 is 11.3 Å². The summed E-state index contributed by atoms with van der Waals surface area (Å²) in [5.41, 5.74) is 7.41. The van der Waals surface area contributed by atoms with Crippen LogP contribution in [-0.2, 0) is 11.2 Å². The SMILES string of the molecule is Cc1ccc(C)c(CC(NN)C2CCOC3(CCC3)C2)c1. The Kier molecular flexibility index (Phi) is 4.34. The van der Waals surface area contributed by atoms with E-state index >= 15 is 0 Å². The van der Waals surface area contributed by atoms with Crippen molar-refractivity contribution in [3.63, 3.8) is 0 Å². The Labute approximate surface area is 128 Å². The highest BCUT2D eigenvalue weighted by molar-refractivity contribution is 5.31. The minimum absolute atomic E-state index is 0.194. The topological polar surface area (TPSA) is 47.3 Å². The fourth-order valence-corrected chi connectivity index (χ4v) is 3.95. The first kappa shape index (κ1) is 15.0. The molecule has 3 N–H and O–H groups in total. The van der Waals surface area contributed by atoms with Crippen LogP contribution in [0.1, 0.15) is 48.8 Å². The van der Waals surface area contributed by atoms with Gasteiger partial charge in [-0.05, 0) is 69.4 Å². The number of hydrogen-bond donors (Lipinski definition) is 2.